The van der Waals surface area contributed by atoms with E-state index in [-0.39, 0.29) is 100.0 Å². The minimum atomic E-state index is -5.87. The largest absolute Gasteiger partial charge is 1.00 e. The van der Waals surface area contributed by atoms with Crippen molar-refractivity contribution in [1.82, 2.24) is 4.90 Å². The molecule has 0 spiro atoms. The van der Waals surface area contributed by atoms with Gasteiger partial charge in [0.2, 0.25) is 0 Å². The Labute approximate surface area is 241 Å². The molecule has 0 aromatic rings. The van der Waals surface area contributed by atoms with Crippen molar-refractivity contribution < 1.29 is 147 Å². The smallest absolute Gasteiger partial charge is 0.790 e. The first-order chi connectivity index (χ1) is 12.5. The number of amidine groups is 1. The Kier molecular flexibility index (Phi) is 15.3. The molecule has 0 aromatic carbocycles. The Hall–Kier alpha value is 1.58. The fourth-order valence-electron chi connectivity index (χ4n) is 2.54. The van der Waals surface area contributed by atoms with Gasteiger partial charge in [0.15, 0.2) is 12.3 Å². The number of nitrogens with zero attached hydrogens (tertiary/aromatic N) is 4. The number of ether oxygens (including phenoxy) is 1. The summed E-state index contributed by atoms with van der Waals surface area (Å²) in [6.07, 6.45) is -3.91. The van der Waals surface area contributed by atoms with E-state index in [1.54, 1.807) is 0 Å². The third-order valence-electron chi connectivity index (χ3n) is 3.67. The van der Waals surface area contributed by atoms with Crippen molar-refractivity contribution in [1.29, 1.82) is 0 Å². The summed E-state index contributed by atoms with van der Waals surface area (Å²) in [7, 11) is -11.4. The zero-order valence-electron chi connectivity index (χ0n) is 16.5. The van der Waals surface area contributed by atoms with Crippen LogP contribution in [-0.2, 0) is 27.5 Å². The van der Waals surface area contributed by atoms with E-state index in [2.05, 4.69) is 23.8 Å². The van der Waals surface area contributed by atoms with Crippen LogP contribution in [0.15, 0.2) is 15.0 Å². The summed E-state index contributed by atoms with van der Waals surface area (Å²) in [4.78, 5) is 55.9. The van der Waals surface area contributed by atoms with Gasteiger partial charge in [-0.15, -0.1) is 0 Å². The molecule has 0 saturated carbocycles. The molecule has 3 rings (SSSR count). The first kappa shape index (κ1) is 34.7. The molecular weight excluding hydrogens is 499 g/mol. The molecule has 3 aliphatic heterocycles. The van der Waals surface area contributed by atoms with Gasteiger partial charge in [-0.1, -0.05) is 0 Å². The van der Waals surface area contributed by atoms with Gasteiger partial charge in [-0.05, 0) is 0 Å². The van der Waals surface area contributed by atoms with E-state index in [0.717, 1.165) is 17.6 Å². The van der Waals surface area contributed by atoms with E-state index in [0.29, 0.717) is 0 Å². The van der Waals surface area contributed by atoms with Gasteiger partial charge in [0.25, 0.3) is 13.7 Å². The summed E-state index contributed by atoms with van der Waals surface area (Å²) in [5.74, 6) is -0.528. The zero-order valence-corrected chi connectivity index (χ0v) is 24.3. The van der Waals surface area contributed by atoms with E-state index in [4.69, 9.17) is 4.74 Å². The van der Waals surface area contributed by atoms with Gasteiger partial charge in [-0.25, -0.2) is 4.99 Å². The van der Waals surface area contributed by atoms with Crippen LogP contribution in [0.1, 0.15) is 0 Å². The SMILES string of the molecule is O.O=C1N=CN=C2C1N=CN2C1OC(COP(=O)([O-])OP(=O)([O-])[O-])C(O)C1O.[Na+].[Na+].[Na+]. The predicted molar refractivity (Wildman–Crippen MR) is 81.6 cm³/mol. The van der Waals surface area contributed by atoms with E-state index < -0.39 is 58.7 Å². The normalized spacial score (nSPS) is 30.7. The first-order valence-electron chi connectivity index (χ1n) is 7.15. The van der Waals surface area contributed by atoms with Gasteiger partial charge >= 0.3 is 88.7 Å². The molecule has 3 aliphatic rings. The number of phosphoric ester groups is 1. The molecular formula is C10H13N4Na3O12P2. The molecule has 0 bridgehead atoms. The number of hydrogen-bond acceptors (Lipinski definition) is 14. The molecule has 1 saturated heterocycles. The summed E-state index contributed by atoms with van der Waals surface area (Å²) < 4.78 is 34.4. The predicted octanol–water partition coefficient (Wildman–Crippen LogP) is -14.4. The zero-order chi connectivity index (χ0) is 20.0. The number of hydrogen-bond donors (Lipinski definition) is 2. The molecule has 31 heavy (non-hydrogen) atoms. The van der Waals surface area contributed by atoms with Crippen LogP contribution in [0.4, 0.5) is 0 Å². The van der Waals surface area contributed by atoms with Crippen LogP contribution in [0.3, 0.4) is 0 Å². The average molecular weight is 512 g/mol. The van der Waals surface area contributed by atoms with Gasteiger partial charge in [-0.2, -0.15) is 4.99 Å². The number of amides is 1. The molecule has 158 valence electrons. The number of rotatable bonds is 6. The number of fused-ring (bicyclic) bond motifs is 1. The van der Waals surface area contributed by atoms with Gasteiger partial charge in [0.1, 0.15) is 30.5 Å². The Morgan fingerprint density at radius 1 is 1.16 bits per heavy atom. The van der Waals surface area contributed by atoms with Crippen molar-refractivity contribution in [2.75, 3.05) is 6.61 Å². The summed E-state index contributed by atoms with van der Waals surface area (Å²) in [6.45, 7) is -0.962. The monoisotopic (exact) mass is 512 g/mol. The van der Waals surface area contributed by atoms with Gasteiger partial charge in [0, 0.05) is 0 Å². The first-order valence-corrected chi connectivity index (χ1v) is 10.1. The van der Waals surface area contributed by atoms with Crippen molar-refractivity contribution in [3.8, 4) is 0 Å². The molecule has 4 N–H and O–H groups in total. The van der Waals surface area contributed by atoms with E-state index in [1.807, 2.05) is 0 Å². The Balaban J connectivity index is 0. The Bertz CT molecular complexity index is 824. The third-order valence-corrected chi connectivity index (χ3v) is 5.73. The fraction of sp³-hybridized carbons (Fsp3) is 0.600. The molecule has 3 heterocycles. The van der Waals surface area contributed by atoms with Crippen molar-refractivity contribution >= 4 is 40.1 Å². The summed E-state index contributed by atoms with van der Waals surface area (Å²) in [6, 6.07) is -1.03. The van der Waals surface area contributed by atoms with E-state index >= 15 is 0 Å². The van der Waals surface area contributed by atoms with Crippen LogP contribution in [0.25, 0.3) is 0 Å². The van der Waals surface area contributed by atoms with E-state index in [9.17, 15) is 38.8 Å². The second-order valence-electron chi connectivity index (χ2n) is 5.46. The van der Waals surface area contributed by atoms with Gasteiger partial charge in [0.05, 0.1) is 20.8 Å². The molecule has 0 aromatic heterocycles. The average Bonchev–Trinajstić information content (AvgIpc) is 3.07. The van der Waals surface area contributed by atoms with Crippen LogP contribution in [0, 0.1) is 0 Å². The number of carbonyl (C=O) groups is 1. The van der Waals surface area contributed by atoms with Crippen molar-refractivity contribution in [2.45, 2.75) is 30.6 Å². The van der Waals surface area contributed by atoms with Crippen LogP contribution < -0.4 is 103 Å². The summed E-state index contributed by atoms with van der Waals surface area (Å²) in [5, 5.41) is 20.1. The maximum absolute atomic E-state index is 11.6. The number of carbonyl (C=O) groups excluding carboxylic acids is 1. The molecule has 6 atom stereocenters. The second-order valence-corrected chi connectivity index (χ2v) is 8.16. The van der Waals surface area contributed by atoms with Gasteiger partial charge < -0.3 is 44.2 Å². The molecule has 16 nitrogen and oxygen atoms in total. The second kappa shape index (κ2) is 13.6. The number of aliphatic imine (C=N–C) groups is 3. The molecule has 0 radical (unpaired) electrons. The fourth-order valence-corrected chi connectivity index (χ4v) is 4.03. The van der Waals surface area contributed by atoms with E-state index in [1.165, 1.54) is 0 Å². The van der Waals surface area contributed by atoms with Crippen molar-refractivity contribution in [3.05, 3.63) is 0 Å². The molecule has 1 fully saturated rings. The molecule has 21 heteroatoms. The van der Waals surface area contributed by atoms with Crippen LogP contribution >= 0.6 is 15.6 Å². The van der Waals surface area contributed by atoms with Crippen LogP contribution in [-0.4, -0.2) is 82.2 Å². The quantitative estimate of drug-likeness (QED) is 0.248. The number of aliphatic hydroxyl groups is 2. The van der Waals surface area contributed by atoms with Gasteiger partial charge in [-0.3, -0.25) is 23.6 Å². The maximum Gasteiger partial charge on any atom is 1.00 e. The number of aliphatic hydroxyl groups excluding tert-OH is 2. The maximum atomic E-state index is 11.6. The van der Waals surface area contributed by atoms with Crippen LogP contribution in [0.2, 0.25) is 0 Å². The minimum Gasteiger partial charge on any atom is -0.790 e. The Morgan fingerprint density at radius 2 is 1.77 bits per heavy atom. The third kappa shape index (κ3) is 8.63. The standard InChI is InChI=1S/C10H14N4O11P2.3Na.H2O/c15-6-4(1-23-27(21,22)25-26(18,19)20)24-10(7(6)16)14-3-13-5-8(14)11-2-12-9(5)17;;;;/h2-7,10,15-16H,1H2,(H,21,22)(H2,18,19,20);;;;1H2/q;3*+1;/p-3. The molecule has 6 unspecified atom stereocenters. The topological polar surface area (TPSA) is 260 Å². The minimum absolute atomic E-state index is 0. The molecule has 1 amide bonds. The van der Waals surface area contributed by atoms with Crippen molar-refractivity contribution in [3.63, 3.8) is 0 Å². The number of phosphoric acid groups is 2. The summed E-state index contributed by atoms with van der Waals surface area (Å²) in [5.41, 5.74) is 0. The Morgan fingerprint density at radius 3 is 2.35 bits per heavy atom. The molecule has 0 aliphatic carbocycles. The van der Waals surface area contributed by atoms with Crippen molar-refractivity contribution in [2.24, 2.45) is 15.0 Å². The summed E-state index contributed by atoms with van der Waals surface area (Å²) >= 11 is 0. The van der Waals surface area contributed by atoms with Crippen LogP contribution in [0.5, 0.6) is 0 Å².